The first-order valence-electron chi connectivity index (χ1n) is 5.67. The summed E-state index contributed by atoms with van der Waals surface area (Å²) in [6.07, 6.45) is 4.55. The normalized spacial score (nSPS) is 13.4. The molecule has 0 rings (SSSR count). The van der Waals surface area contributed by atoms with Crippen LogP contribution in [0.3, 0.4) is 0 Å². The smallest absolute Gasteiger partial charge is 0.0595 e. The maximum atomic E-state index is 3.79. The van der Waals surface area contributed by atoms with Gasteiger partial charge in [-0.15, -0.1) is 6.58 Å². The molecular formula is C13H27Si. The first-order valence-corrected chi connectivity index (χ1v) is 7.38. The lowest BCUT2D eigenvalue weighted by Crippen LogP contribution is -2.34. The fraction of sp³-hybridized carbons (Fsp3) is 0.846. The van der Waals surface area contributed by atoms with Crippen molar-refractivity contribution in [2.24, 2.45) is 0 Å². The molecule has 0 N–H and O–H groups in total. The average Bonchev–Trinajstić information content (AvgIpc) is 1.92. The number of allylic oxidation sites excluding steroid dienone is 1. The third-order valence-electron chi connectivity index (χ3n) is 2.65. The van der Waals surface area contributed by atoms with Gasteiger partial charge in [0.2, 0.25) is 0 Å². The van der Waals surface area contributed by atoms with Crippen molar-refractivity contribution in [2.45, 2.75) is 70.5 Å². The van der Waals surface area contributed by atoms with Crippen molar-refractivity contribution in [3.63, 3.8) is 0 Å². The molecule has 14 heavy (non-hydrogen) atoms. The molecule has 1 radical (unpaired) electrons. The molecule has 0 spiro atoms. The summed E-state index contributed by atoms with van der Waals surface area (Å²) in [7, 11) is -0.296. The largest absolute Gasteiger partial charge is 0.103 e. The Hall–Kier alpha value is -0.0431. The van der Waals surface area contributed by atoms with Gasteiger partial charge < -0.3 is 0 Å². The van der Waals surface area contributed by atoms with Gasteiger partial charge in [-0.05, 0) is 16.5 Å². The Morgan fingerprint density at radius 3 is 1.71 bits per heavy atom. The van der Waals surface area contributed by atoms with Crippen LogP contribution < -0.4 is 0 Å². The Bertz CT molecular complexity index is 155. The summed E-state index contributed by atoms with van der Waals surface area (Å²) >= 11 is 0. The van der Waals surface area contributed by atoms with Crippen molar-refractivity contribution in [1.29, 1.82) is 0 Å². The molecule has 0 saturated heterocycles. The zero-order valence-electron chi connectivity index (χ0n) is 10.9. The summed E-state index contributed by atoms with van der Waals surface area (Å²) in [5, 5.41) is 1.04. The molecule has 0 heterocycles. The van der Waals surface area contributed by atoms with E-state index in [0.29, 0.717) is 10.1 Å². The second-order valence-electron chi connectivity index (χ2n) is 6.16. The maximum Gasteiger partial charge on any atom is 0.0595 e. The van der Waals surface area contributed by atoms with Crippen molar-refractivity contribution in [1.82, 2.24) is 0 Å². The van der Waals surface area contributed by atoms with Gasteiger partial charge in [-0.2, -0.15) is 0 Å². The van der Waals surface area contributed by atoms with Crippen LogP contribution in [0, 0.1) is 0 Å². The number of unbranched alkanes of at least 4 members (excludes halogenated alkanes) is 1. The minimum absolute atomic E-state index is 0.296. The highest BCUT2D eigenvalue weighted by Crippen LogP contribution is 2.44. The fourth-order valence-electron chi connectivity index (χ4n) is 2.30. The van der Waals surface area contributed by atoms with Crippen LogP contribution in [-0.4, -0.2) is 8.80 Å². The van der Waals surface area contributed by atoms with Gasteiger partial charge >= 0.3 is 0 Å². The Morgan fingerprint density at radius 1 is 1.00 bits per heavy atom. The Kier molecular flexibility index (Phi) is 5.14. The van der Waals surface area contributed by atoms with E-state index in [2.05, 4.69) is 48.1 Å². The molecule has 0 aliphatic carbocycles. The van der Waals surface area contributed by atoms with Crippen LogP contribution in [0.5, 0.6) is 0 Å². The van der Waals surface area contributed by atoms with Crippen LogP contribution in [0.4, 0.5) is 0 Å². The Labute approximate surface area is 92.4 Å². The van der Waals surface area contributed by atoms with Crippen molar-refractivity contribution < 1.29 is 0 Å². The fourth-order valence-corrected chi connectivity index (χ4v) is 6.61. The Balaban J connectivity index is 4.35. The first-order chi connectivity index (χ1) is 6.19. The lowest BCUT2D eigenvalue weighted by molar-refractivity contribution is 0.631. The van der Waals surface area contributed by atoms with Crippen LogP contribution in [0.15, 0.2) is 12.7 Å². The summed E-state index contributed by atoms with van der Waals surface area (Å²) in [4.78, 5) is 0. The SMILES string of the molecule is C=CCCC[Si](C(C)(C)C)C(C)(C)C. The third-order valence-corrected chi connectivity index (χ3v) is 7.12. The molecular weight excluding hydrogens is 184 g/mol. The minimum Gasteiger partial charge on any atom is -0.103 e. The average molecular weight is 211 g/mol. The highest BCUT2D eigenvalue weighted by Gasteiger charge is 2.35. The zero-order valence-corrected chi connectivity index (χ0v) is 11.9. The third kappa shape index (κ3) is 4.99. The molecule has 0 amide bonds. The van der Waals surface area contributed by atoms with Crippen LogP contribution >= 0.6 is 0 Å². The molecule has 0 fully saturated rings. The van der Waals surface area contributed by atoms with Crippen molar-refractivity contribution >= 4 is 8.80 Å². The molecule has 0 atom stereocenters. The van der Waals surface area contributed by atoms with Crippen LogP contribution in [0.2, 0.25) is 16.1 Å². The second-order valence-corrected chi connectivity index (χ2v) is 10.6. The molecule has 1 heteroatoms. The molecule has 0 aromatic heterocycles. The van der Waals surface area contributed by atoms with Gasteiger partial charge in [-0.1, -0.05) is 60.1 Å². The van der Waals surface area contributed by atoms with Crippen molar-refractivity contribution in [3.8, 4) is 0 Å². The van der Waals surface area contributed by atoms with Gasteiger partial charge in [0.1, 0.15) is 0 Å². The molecule has 0 aromatic rings. The second kappa shape index (κ2) is 5.15. The van der Waals surface area contributed by atoms with E-state index in [9.17, 15) is 0 Å². The minimum atomic E-state index is -0.296. The summed E-state index contributed by atoms with van der Waals surface area (Å²) < 4.78 is 0. The van der Waals surface area contributed by atoms with E-state index in [1.54, 1.807) is 0 Å². The van der Waals surface area contributed by atoms with Crippen LogP contribution in [0.1, 0.15) is 54.4 Å². The van der Waals surface area contributed by atoms with E-state index in [1.807, 2.05) is 6.08 Å². The topological polar surface area (TPSA) is 0 Å². The molecule has 0 nitrogen and oxygen atoms in total. The number of hydrogen-bond acceptors (Lipinski definition) is 0. The van der Waals surface area contributed by atoms with Gasteiger partial charge in [0, 0.05) is 0 Å². The van der Waals surface area contributed by atoms with E-state index >= 15 is 0 Å². The van der Waals surface area contributed by atoms with Crippen molar-refractivity contribution in [2.75, 3.05) is 0 Å². The molecule has 0 aliphatic rings. The van der Waals surface area contributed by atoms with Crippen molar-refractivity contribution in [3.05, 3.63) is 12.7 Å². The maximum absolute atomic E-state index is 3.79. The zero-order chi connectivity index (χ0) is 11.4. The molecule has 0 aromatic carbocycles. The standard InChI is InChI=1S/C13H27Si/c1-8-9-10-11-14(12(2,3)4)13(5,6)7/h8H,1,9-11H2,2-7H3. The Morgan fingerprint density at radius 2 is 1.43 bits per heavy atom. The predicted molar refractivity (Wildman–Crippen MR) is 69.4 cm³/mol. The predicted octanol–water partition coefficient (Wildman–Crippen LogP) is 5.05. The first kappa shape index (κ1) is 14.0. The van der Waals surface area contributed by atoms with E-state index in [-0.39, 0.29) is 8.80 Å². The quantitative estimate of drug-likeness (QED) is 0.347. The lowest BCUT2D eigenvalue weighted by Gasteiger charge is -2.39. The van der Waals surface area contributed by atoms with Gasteiger partial charge in [0.05, 0.1) is 8.80 Å². The number of hydrogen-bond donors (Lipinski definition) is 0. The van der Waals surface area contributed by atoms with Gasteiger partial charge in [0.15, 0.2) is 0 Å². The van der Waals surface area contributed by atoms with Crippen LogP contribution in [-0.2, 0) is 0 Å². The highest BCUT2D eigenvalue weighted by molar-refractivity contribution is 6.65. The lowest BCUT2D eigenvalue weighted by atomic mass is 10.2. The van der Waals surface area contributed by atoms with E-state index in [0.717, 1.165) is 0 Å². The summed E-state index contributed by atoms with van der Waals surface area (Å²) in [5.41, 5.74) is 0. The molecule has 83 valence electrons. The summed E-state index contributed by atoms with van der Waals surface area (Å²) in [6.45, 7) is 18.2. The van der Waals surface area contributed by atoms with Crippen LogP contribution in [0.25, 0.3) is 0 Å². The summed E-state index contributed by atoms with van der Waals surface area (Å²) in [6, 6.07) is 1.42. The van der Waals surface area contributed by atoms with E-state index in [4.69, 9.17) is 0 Å². The van der Waals surface area contributed by atoms with Gasteiger partial charge in [0.25, 0.3) is 0 Å². The van der Waals surface area contributed by atoms with E-state index in [1.165, 1.54) is 18.9 Å². The highest BCUT2D eigenvalue weighted by atomic mass is 28.3. The molecule has 0 saturated carbocycles. The molecule has 0 aliphatic heterocycles. The molecule has 0 unspecified atom stereocenters. The van der Waals surface area contributed by atoms with E-state index < -0.39 is 0 Å². The van der Waals surface area contributed by atoms with Gasteiger partial charge in [-0.3, -0.25) is 0 Å². The molecule has 0 bridgehead atoms. The number of rotatable bonds is 4. The monoisotopic (exact) mass is 211 g/mol. The van der Waals surface area contributed by atoms with Gasteiger partial charge in [-0.25, -0.2) is 0 Å². The summed E-state index contributed by atoms with van der Waals surface area (Å²) in [5.74, 6) is 0.